The lowest BCUT2D eigenvalue weighted by atomic mass is 10.1. The highest BCUT2D eigenvalue weighted by Gasteiger charge is 2.26. The van der Waals surface area contributed by atoms with Crippen molar-refractivity contribution in [2.75, 3.05) is 13.7 Å². The van der Waals surface area contributed by atoms with Crippen LogP contribution in [0.25, 0.3) is 0 Å². The number of methoxy groups -OCH3 is 1. The molecule has 1 aromatic carbocycles. The minimum absolute atomic E-state index is 0.0590. The summed E-state index contributed by atoms with van der Waals surface area (Å²) in [4.78, 5) is 0. The van der Waals surface area contributed by atoms with E-state index in [1.807, 2.05) is 0 Å². The highest BCUT2D eigenvalue weighted by atomic mass is 16.5. The van der Waals surface area contributed by atoms with E-state index in [1.54, 1.807) is 7.11 Å². The quantitative estimate of drug-likeness (QED) is 0.839. The zero-order valence-corrected chi connectivity index (χ0v) is 11.4. The van der Waals surface area contributed by atoms with Crippen LogP contribution in [-0.4, -0.2) is 25.8 Å². The van der Waals surface area contributed by atoms with Crippen molar-refractivity contribution in [1.29, 1.82) is 0 Å². The monoisotopic (exact) mass is 248 g/mol. The van der Waals surface area contributed by atoms with Gasteiger partial charge in [-0.1, -0.05) is 29.8 Å². The first kappa shape index (κ1) is 13.5. The SMILES string of the molecule is COC1CCCC1NCC(N)c1ccc(C)cc1. The molecule has 1 aliphatic rings. The second-order valence-corrected chi connectivity index (χ2v) is 5.24. The van der Waals surface area contributed by atoms with Crippen LogP contribution in [0, 0.1) is 6.92 Å². The Hall–Kier alpha value is -0.900. The number of hydrogen-bond acceptors (Lipinski definition) is 3. The number of benzene rings is 1. The molecule has 1 aromatic rings. The maximum Gasteiger partial charge on any atom is 0.0724 e. The van der Waals surface area contributed by atoms with E-state index in [0.29, 0.717) is 12.1 Å². The molecule has 1 fully saturated rings. The van der Waals surface area contributed by atoms with Crippen LogP contribution in [-0.2, 0) is 4.74 Å². The van der Waals surface area contributed by atoms with Gasteiger partial charge in [-0.25, -0.2) is 0 Å². The first-order valence-corrected chi connectivity index (χ1v) is 6.79. The Morgan fingerprint density at radius 2 is 2.06 bits per heavy atom. The Bertz CT molecular complexity index is 363. The van der Waals surface area contributed by atoms with Gasteiger partial charge >= 0.3 is 0 Å². The van der Waals surface area contributed by atoms with Gasteiger partial charge in [0.25, 0.3) is 0 Å². The van der Waals surface area contributed by atoms with E-state index in [9.17, 15) is 0 Å². The molecule has 0 amide bonds. The zero-order chi connectivity index (χ0) is 13.0. The molecule has 1 aliphatic carbocycles. The topological polar surface area (TPSA) is 47.3 Å². The average molecular weight is 248 g/mol. The number of nitrogens with one attached hydrogen (secondary N) is 1. The van der Waals surface area contributed by atoms with Crippen molar-refractivity contribution in [2.45, 2.75) is 44.4 Å². The van der Waals surface area contributed by atoms with Crippen molar-refractivity contribution in [2.24, 2.45) is 5.73 Å². The van der Waals surface area contributed by atoms with Gasteiger partial charge in [-0.3, -0.25) is 0 Å². The maximum absolute atomic E-state index is 6.21. The minimum Gasteiger partial charge on any atom is -0.380 e. The highest BCUT2D eigenvalue weighted by Crippen LogP contribution is 2.22. The number of aryl methyl sites for hydroxylation is 1. The van der Waals surface area contributed by atoms with Crippen molar-refractivity contribution >= 4 is 0 Å². The summed E-state index contributed by atoms with van der Waals surface area (Å²) in [6, 6.07) is 8.98. The van der Waals surface area contributed by atoms with Gasteiger partial charge in [-0.05, 0) is 31.7 Å². The molecule has 0 aliphatic heterocycles. The van der Waals surface area contributed by atoms with Crippen LogP contribution in [0.2, 0.25) is 0 Å². The predicted molar refractivity (Wildman–Crippen MR) is 74.5 cm³/mol. The molecule has 2 rings (SSSR count). The molecule has 0 spiro atoms. The molecule has 3 nitrogen and oxygen atoms in total. The maximum atomic E-state index is 6.21. The van der Waals surface area contributed by atoms with Crippen LogP contribution < -0.4 is 11.1 Å². The van der Waals surface area contributed by atoms with Gasteiger partial charge in [-0.2, -0.15) is 0 Å². The van der Waals surface area contributed by atoms with E-state index >= 15 is 0 Å². The molecule has 100 valence electrons. The Morgan fingerprint density at radius 1 is 1.33 bits per heavy atom. The summed E-state index contributed by atoms with van der Waals surface area (Å²) in [6.45, 7) is 2.91. The molecular formula is C15H24N2O. The van der Waals surface area contributed by atoms with Crippen LogP contribution >= 0.6 is 0 Å². The Kier molecular flexibility index (Phi) is 4.75. The molecule has 3 atom stereocenters. The molecule has 0 radical (unpaired) electrons. The van der Waals surface area contributed by atoms with Gasteiger partial charge in [-0.15, -0.1) is 0 Å². The molecular weight excluding hydrogens is 224 g/mol. The number of ether oxygens (including phenoxy) is 1. The Labute approximate surface area is 110 Å². The fourth-order valence-electron chi connectivity index (χ4n) is 2.65. The zero-order valence-electron chi connectivity index (χ0n) is 11.4. The summed E-state index contributed by atoms with van der Waals surface area (Å²) >= 11 is 0. The molecule has 3 unspecified atom stereocenters. The van der Waals surface area contributed by atoms with E-state index < -0.39 is 0 Å². The van der Waals surface area contributed by atoms with Crippen LogP contribution in [0.3, 0.4) is 0 Å². The Morgan fingerprint density at radius 3 is 2.72 bits per heavy atom. The third kappa shape index (κ3) is 3.31. The van der Waals surface area contributed by atoms with Crippen LogP contribution in [0.4, 0.5) is 0 Å². The fourth-order valence-corrected chi connectivity index (χ4v) is 2.65. The lowest BCUT2D eigenvalue weighted by Crippen LogP contribution is -2.40. The molecule has 0 saturated heterocycles. The summed E-state index contributed by atoms with van der Waals surface area (Å²) in [6.07, 6.45) is 3.96. The van der Waals surface area contributed by atoms with E-state index in [0.717, 1.165) is 13.0 Å². The minimum atomic E-state index is 0.0590. The van der Waals surface area contributed by atoms with Gasteiger partial charge in [0.15, 0.2) is 0 Å². The van der Waals surface area contributed by atoms with Crippen LogP contribution in [0.1, 0.15) is 36.4 Å². The molecule has 0 bridgehead atoms. The molecule has 0 heterocycles. The van der Waals surface area contributed by atoms with Crippen molar-refractivity contribution < 1.29 is 4.74 Å². The smallest absolute Gasteiger partial charge is 0.0724 e. The first-order valence-electron chi connectivity index (χ1n) is 6.79. The first-order chi connectivity index (χ1) is 8.70. The number of hydrogen-bond donors (Lipinski definition) is 2. The standard InChI is InChI=1S/C15H24N2O/c1-11-6-8-12(9-7-11)13(16)10-17-14-4-3-5-15(14)18-2/h6-9,13-15,17H,3-5,10,16H2,1-2H3. The van der Waals surface area contributed by atoms with Crippen molar-refractivity contribution in [3.8, 4) is 0 Å². The average Bonchev–Trinajstić information content (AvgIpc) is 2.84. The molecule has 18 heavy (non-hydrogen) atoms. The van der Waals surface area contributed by atoms with Gasteiger partial charge < -0.3 is 15.8 Å². The number of rotatable bonds is 5. The molecule has 1 saturated carbocycles. The van der Waals surface area contributed by atoms with E-state index in [4.69, 9.17) is 10.5 Å². The summed E-state index contributed by atoms with van der Waals surface area (Å²) in [7, 11) is 1.80. The highest BCUT2D eigenvalue weighted by molar-refractivity contribution is 5.24. The van der Waals surface area contributed by atoms with Crippen molar-refractivity contribution in [3.63, 3.8) is 0 Å². The lowest BCUT2D eigenvalue weighted by molar-refractivity contribution is 0.0848. The third-order valence-corrected chi connectivity index (χ3v) is 3.86. The second-order valence-electron chi connectivity index (χ2n) is 5.24. The van der Waals surface area contributed by atoms with Crippen molar-refractivity contribution in [3.05, 3.63) is 35.4 Å². The second kappa shape index (κ2) is 6.32. The van der Waals surface area contributed by atoms with Crippen LogP contribution in [0.15, 0.2) is 24.3 Å². The molecule has 3 heteroatoms. The predicted octanol–water partition coefficient (Wildman–Crippen LogP) is 2.15. The van der Waals surface area contributed by atoms with Gasteiger partial charge in [0.1, 0.15) is 0 Å². The van der Waals surface area contributed by atoms with E-state index in [-0.39, 0.29) is 6.04 Å². The van der Waals surface area contributed by atoms with E-state index in [2.05, 4.69) is 36.5 Å². The fraction of sp³-hybridized carbons (Fsp3) is 0.600. The summed E-state index contributed by atoms with van der Waals surface area (Å²) in [5.41, 5.74) is 8.67. The van der Waals surface area contributed by atoms with Gasteiger partial charge in [0, 0.05) is 25.7 Å². The largest absolute Gasteiger partial charge is 0.380 e. The lowest BCUT2D eigenvalue weighted by Gasteiger charge is -2.22. The molecule has 0 aromatic heterocycles. The third-order valence-electron chi connectivity index (χ3n) is 3.86. The van der Waals surface area contributed by atoms with Crippen molar-refractivity contribution in [1.82, 2.24) is 5.32 Å². The molecule has 3 N–H and O–H groups in total. The summed E-state index contributed by atoms with van der Waals surface area (Å²) in [5, 5.41) is 3.55. The normalized spacial score (nSPS) is 25.3. The Balaban J connectivity index is 1.84. The van der Waals surface area contributed by atoms with Crippen LogP contribution in [0.5, 0.6) is 0 Å². The van der Waals surface area contributed by atoms with Gasteiger partial charge in [0.2, 0.25) is 0 Å². The number of nitrogens with two attached hydrogens (primary N) is 1. The summed E-state index contributed by atoms with van der Waals surface area (Å²) in [5.74, 6) is 0. The summed E-state index contributed by atoms with van der Waals surface area (Å²) < 4.78 is 5.47. The van der Waals surface area contributed by atoms with Gasteiger partial charge in [0.05, 0.1) is 6.10 Å². The van der Waals surface area contributed by atoms with E-state index in [1.165, 1.54) is 24.0 Å².